The number of aliphatic hydroxyl groups excluding tert-OH is 1. The number of carbonyl (C=O) groups excluding carboxylic acids is 1. The first kappa shape index (κ1) is 15.9. The van der Waals surface area contributed by atoms with E-state index in [0.717, 1.165) is 0 Å². The number of aliphatic hydroxyl groups is 1. The summed E-state index contributed by atoms with van der Waals surface area (Å²) in [7, 11) is 1.61. The molecule has 126 valence electrons. The molecule has 1 amide bonds. The molecule has 0 saturated heterocycles. The molecule has 0 unspecified atom stereocenters. The van der Waals surface area contributed by atoms with E-state index in [4.69, 9.17) is 16.0 Å². The van der Waals surface area contributed by atoms with Crippen molar-refractivity contribution in [3.05, 3.63) is 75.1 Å². The van der Waals surface area contributed by atoms with E-state index in [-0.39, 0.29) is 11.0 Å². The molecule has 5 nitrogen and oxygen atoms in total. The van der Waals surface area contributed by atoms with Crippen molar-refractivity contribution < 1.29 is 14.3 Å². The van der Waals surface area contributed by atoms with Gasteiger partial charge in [-0.25, -0.2) is 0 Å². The zero-order valence-electron chi connectivity index (χ0n) is 13.3. The van der Waals surface area contributed by atoms with Crippen molar-refractivity contribution >= 4 is 34.2 Å². The molecule has 1 N–H and O–H groups in total. The summed E-state index contributed by atoms with van der Waals surface area (Å²) >= 11 is 6.11. The van der Waals surface area contributed by atoms with Gasteiger partial charge in [0.25, 0.3) is 0 Å². The van der Waals surface area contributed by atoms with Crippen LogP contribution >= 0.6 is 11.6 Å². The van der Waals surface area contributed by atoms with E-state index >= 15 is 0 Å². The molecule has 3 aromatic rings. The molecule has 4 rings (SSSR count). The fourth-order valence-corrected chi connectivity index (χ4v) is 3.70. The molecule has 1 atom stereocenters. The summed E-state index contributed by atoms with van der Waals surface area (Å²) in [5, 5.41) is 11.0. The third kappa shape index (κ3) is 2.00. The molecule has 0 aliphatic carbocycles. The quantitative estimate of drug-likeness (QED) is 0.767. The van der Waals surface area contributed by atoms with Crippen LogP contribution in [0, 0.1) is 0 Å². The third-order valence-corrected chi connectivity index (χ3v) is 5.06. The molecular formula is C19H14ClNO4. The molecule has 0 radical (unpaired) electrons. The molecule has 0 fully saturated rings. The minimum atomic E-state index is -1.53. The highest BCUT2D eigenvalue weighted by atomic mass is 35.5. The Kier molecular flexibility index (Phi) is 3.45. The van der Waals surface area contributed by atoms with Crippen LogP contribution in [0.3, 0.4) is 0 Å². The van der Waals surface area contributed by atoms with E-state index in [1.165, 1.54) is 11.2 Å². The van der Waals surface area contributed by atoms with Gasteiger partial charge in [0.05, 0.1) is 23.8 Å². The van der Waals surface area contributed by atoms with Gasteiger partial charge < -0.3 is 14.4 Å². The number of para-hydroxylation sites is 1. The van der Waals surface area contributed by atoms with Crippen LogP contribution in [0.25, 0.3) is 11.0 Å². The second kappa shape index (κ2) is 5.44. The summed E-state index contributed by atoms with van der Waals surface area (Å²) in [5.41, 5.74) is -0.236. The van der Waals surface area contributed by atoms with Gasteiger partial charge in [-0.15, -0.1) is 0 Å². The molecule has 1 aliphatic rings. The van der Waals surface area contributed by atoms with Gasteiger partial charge in [-0.05, 0) is 35.9 Å². The summed E-state index contributed by atoms with van der Waals surface area (Å²) in [6, 6.07) is 11.8. The minimum Gasteiger partial charge on any atom is -0.464 e. The maximum absolute atomic E-state index is 13.1. The van der Waals surface area contributed by atoms with E-state index < -0.39 is 17.9 Å². The van der Waals surface area contributed by atoms with Gasteiger partial charge in [0.2, 0.25) is 5.91 Å². The van der Waals surface area contributed by atoms with Crippen molar-refractivity contribution in [2.75, 3.05) is 18.6 Å². The average Bonchev–Trinajstić information content (AvgIpc) is 2.84. The van der Waals surface area contributed by atoms with Crippen LogP contribution in [0.4, 0.5) is 5.69 Å². The number of amides is 1. The normalized spacial score (nSPS) is 19.5. The molecule has 0 spiro atoms. The van der Waals surface area contributed by atoms with Gasteiger partial charge in [0, 0.05) is 17.8 Å². The van der Waals surface area contributed by atoms with Crippen LogP contribution in [-0.2, 0) is 10.2 Å². The first-order valence-electron chi connectivity index (χ1n) is 7.71. The topological polar surface area (TPSA) is 70.8 Å². The Morgan fingerprint density at radius 2 is 1.92 bits per heavy atom. The Hall–Kier alpha value is -2.63. The van der Waals surface area contributed by atoms with E-state index in [1.54, 1.807) is 49.5 Å². The predicted molar refractivity (Wildman–Crippen MR) is 95.2 cm³/mol. The summed E-state index contributed by atoms with van der Waals surface area (Å²) in [6.07, 6.45) is 1.27. The van der Waals surface area contributed by atoms with Crippen molar-refractivity contribution in [3.63, 3.8) is 0 Å². The predicted octanol–water partition coefficient (Wildman–Crippen LogP) is 2.70. The second-order valence-electron chi connectivity index (χ2n) is 6.06. The molecule has 0 saturated carbocycles. The smallest absolute Gasteiger partial charge is 0.244 e. The fraction of sp³-hybridized carbons (Fsp3) is 0.158. The monoisotopic (exact) mass is 355 g/mol. The van der Waals surface area contributed by atoms with Gasteiger partial charge in [0.1, 0.15) is 11.0 Å². The Bertz CT molecular complexity index is 1070. The van der Waals surface area contributed by atoms with Gasteiger partial charge in [-0.2, -0.15) is 0 Å². The largest absolute Gasteiger partial charge is 0.464 e. The van der Waals surface area contributed by atoms with Crippen LogP contribution in [0.1, 0.15) is 11.1 Å². The standard InChI is InChI=1S/C19H14ClNO4/c1-21-15-7-6-11(20)8-13(15)19(10-22,18(21)24)14-9-25-16-5-3-2-4-12(16)17(14)23/h2-9,22H,10H2,1H3/t19-/m0/s1. The van der Waals surface area contributed by atoms with Crippen molar-refractivity contribution in [3.8, 4) is 0 Å². The van der Waals surface area contributed by atoms with E-state index in [0.29, 0.717) is 27.2 Å². The zero-order chi connectivity index (χ0) is 17.8. The molecule has 1 aliphatic heterocycles. The third-order valence-electron chi connectivity index (χ3n) is 4.83. The fourth-order valence-electron chi connectivity index (χ4n) is 3.52. The maximum atomic E-state index is 13.1. The number of anilines is 1. The van der Waals surface area contributed by atoms with E-state index in [1.807, 2.05) is 0 Å². The van der Waals surface area contributed by atoms with Gasteiger partial charge in [0.15, 0.2) is 5.43 Å². The highest BCUT2D eigenvalue weighted by molar-refractivity contribution is 6.31. The number of benzene rings is 2. The summed E-state index contributed by atoms with van der Waals surface area (Å²) < 4.78 is 5.58. The van der Waals surface area contributed by atoms with Crippen molar-refractivity contribution in [2.24, 2.45) is 0 Å². The average molecular weight is 356 g/mol. The Balaban J connectivity index is 2.10. The number of likely N-dealkylation sites (N-methyl/N-ethyl adjacent to an activating group) is 1. The van der Waals surface area contributed by atoms with Crippen LogP contribution in [0.5, 0.6) is 0 Å². The number of halogens is 1. The SMILES string of the molecule is CN1C(=O)[C@](CO)(c2coc3ccccc3c2=O)c2cc(Cl)ccc21. The number of carbonyl (C=O) groups is 1. The first-order chi connectivity index (χ1) is 12.0. The molecule has 2 heterocycles. The maximum Gasteiger partial charge on any atom is 0.244 e. The van der Waals surface area contributed by atoms with Crippen LogP contribution in [-0.4, -0.2) is 24.7 Å². The van der Waals surface area contributed by atoms with Gasteiger partial charge in [-0.1, -0.05) is 23.7 Å². The summed E-state index contributed by atoms with van der Waals surface area (Å²) in [5.74, 6) is -0.394. The lowest BCUT2D eigenvalue weighted by Gasteiger charge is -2.25. The molecule has 1 aromatic heterocycles. The van der Waals surface area contributed by atoms with Crippen molar-refractivity contribution in [1.82, 2.24) is 0 Å². The number of rotatable bonds is 2. The summed E-state index contributed by atoms with van der Waals surface area (Å²) in [6.45, 7) is -0.563. The Morgan fingerprint density at radius 1 is 1.16 bits per heavy atom. The number of fused-ring (bicyclic) bond motifs is 2. The van der Waals surface area contributed by atoms with Crippen molar-refractivity contribution in [2.45, 2.75) is 5.41 Å². The molecule has 6 heteroatoms. The highest BCUT2D eigenvalue weighted by Gasteiger charge is 2.52. The minimum absolute atomic E-state index is 0.103. The van der Waals surface area contributed by atoms with Crippen LogP contribution in [0.2, 0.25) is 5.02 Å². The molecular weight excluding hydrogens is 342 g/mol. The highest BCUT2D eigenvalue weighted by Crippen LogP contribution is 2.45. The number of hydrogen-bond acceptors (Lipinski definition) is 4. The lowest BCUT2D eigenvalue weighted by molar-refractivity contribution is -0.122. The Morgan fingerprint density at radius 3 is 2.68 bits per heavy atom. The first-order valence-corrected chi connectivity index (χ1v) is 8.08. The van der Waals surface area contributed by atoms with E-state index in [2.05, 4.69) is 0 Å². The molecule has 25 heavy (non-hydrogen) atoms. The Labute approximate surface area is 148 Å². The van der Waals surface area contributed by atoms with Crippen LogP contribution < -0.4 is 10.3 Å². The zero-order valence-corrected chi connectivity index (χ0v) is 14.1. The number of hydrogen-bond donors (Lipinski definition) is 1. The molecule has 2 aromatic carbocycles. The lowest BCUT2D eigenvalue weighted by atomic mass is 9.76. The molecule has 0 bridgehead atoms. The summed E-state index contributed by atoms with van der Waals surface area (Å²) in [4.78, 5) is 27.5. The lowest BCUT2D eigenvalue weighted by Crippen LogP contribution is -2.45. The van der Waals surface area contributed by atoms with Crippen LogP contribution in [0.15, 0.2) is 57.9 Å². The van der Waals surface area contributed by atoms with Gasteiger partial charge in [-0.3, -0.25) is 9.59 Å². The van der Waals surface area contributed by atoms with Crippen molar-refractivity contribution in [1.29, 1.82) is 0 Å². The number of nitrogens with zero attached hydrogens (tertiary/aromatic N) is 1. The van der Waals surface area contributed by atoms with Gasteiger partial charge >= 0.3 is 0 Å². The van der Waals surface area contributed by atoms with E-state index in [9.17, 15) is 14.7 Å². The second-order valence-corrected chi connectivity index (χ2v) is 6.50.